The van der Waals surface area contributed by atoms with Crippen LogP contribution in [0, 0.1) is 6.92 Å². The predicted molar refractivity (Wildman–Crippen MR) is 112 cm³/mol. The highest BCUT2D eigenvalue weighted by Gasteiger charge is 2.26. The van der Waals surface area contributed by atoms with Gasteiger partial charge in [0.2, 0.25) is 0 Å². The summed E-state index contributed by atoms with van der Waals surface area (Å²) in [4.78, 5) is 38.2. The van der Waals surface area contributed by atoms with Crippen LogP contribution in [0.25, 0.3) is 0 Å². The van der Waals surface area contributed by atoms with Crippen molar-refractivity contribution in [2.45, 2.75) is 26.8 Å². The average Bonchev–Trinajstić information content (AvgIpc) is 2.72. The molecule has 5 heteroatoms. The summed E-state index contributed by atoms with van der Waals surface area (Å²) in [5, 5.41) is 0. The van der Waals surface area contributed by atoms with Gasteiger partial charge in [0.25, 0.3) is 5.56 Å². The number of Topliss-reactive ketones (excluding diaryl/α,β-unsaturated/α-hetero) is 1. The number of benzene rings is 2. The van der Waals surface area contributed by atoms with Crippen LogP contribution in [0.4, 0.5) is 0 Å². The van der Waals surface area contributed by atoms with Crippen molar-refractivity contribution in [3.05, 3.63) is 105 Å². The van der Waals surface area contributed by atoms with Crippen LogP contribution in [0.5, 0.6) is 0 Å². The molecule has 0 atom stereocenters. The van der Waals surface area contributed by atoms with Crippen LogP contribution in [0.15, 0.2) is 71.5 Å². The largest absolute Gasteiger partial charge is 0.462 e. The van der Waals surface area contributed by atoms with E-state index in [9.17, 15) is 14.4 Å². The van der Waals surface area contributed by atoms with Crippen molar-refractivity contribution in [2.24, 2.45) is 0 Å². The number of hydrogen-bond acceptors (Lipinski definition) is 4. The molecule has 5 nitrogen and oxygen atoms in total. The van der Waals surface area contributed by atoms with Gasteiger partial charge in [-0.15, -0.1) is 0 Å². The molecule has 0 aliphatic carbocycles. The number of ketones is 1. The Kier molecular flexibility index (Phi) is 6.07. The van der Waals surface area contributed by atoms with Crippen molar-refractivity contribution < 1.29 is 14.3 Å². The number of pyridine rings is 1. The van der Waals surface area contributed by atoms with Crippen LogP contribution in [0.1, 0.15) is 57.4 Å². The Bertz CT molecular complexity index is 1050. The van der Waals surface area contributed by atoms with E-state index < -0.39 is 17.6 Å². The van der Waals surface area contributed by atoms with Crippen molar-refractivity contribution in [2.75, 3.05) is 6.61 Å². The van der Waals surface area contributed by atoms with Gasteiger partial charge in [0.1, 0.15) is 5.56 Å². The molecule has 0 spiro atoms. The summed E-state index contributed by atoms with van der Waals surface area (Å²) in [5.74, 6) is -0.949. The molecule has 148 valence electrons. The maximum absolute atomic E-state index is 13.4. The Labute approximate surface area is 169 Å². The first-order valence-corrected chi connectivity index (χ1v) is 9.49. The lowest BCUT2D eigenvalue weighted by atomic mass is 9.96. The Balaban J connectivity index is 2.37. The third-order valence-electron chi connectivity index (χ3n) is 4.85. The van der Waals surface area contributed by atoms with Gasteiger partial charge in [-0.2, -0.15) is 0 Å². The van der Waals surface area contributed by atoms with Gasteiger partial charge < -0.3 is 4.74 Å². The molecule has 0 saturated heterocycles. The van der Waals surface area contributed by atoms with Crippen molar-refractivity contribution in [3.63, 3.8) is 0 Å². The average molecular weight is 389 g/mol. The van der Waals surface area contributed by atoms with Gasteiger partial charge in [0, 0.05) is 11.3 Å². The lowest BCUT2D eigenvalue weighted by Gasteiger charge is -2.25. The zero-order chi connectivity index (χ0) is 21.0. The van der Waals surface area contributed by atoms with Crippen molar-refractivity contribution in [1.82, 2.24) is 4.57 Å². The molecule has 0 fully saturated rings. The monoisotopic (exact) mass is 389 g/mol. The Morgan fingerprint density at radius 3 is 1.90 bits per heavy atom. The number of nitrogens with zero attached hydrogens (tertiary/aromatic N) is 1. The minimum atomic E-state index is -0.728. The summed E-state index contributed by atoms with van der Waals surface area (Å²) in [6, 6.07) is 19.9. The summed E-state index contributed by atoms with van der Waals surface area (Å²) >= 11 is 0. The topological polar surface area (TPSA) is 65.4 Å². The molecule has 3 aromatic rings. The lowest BCUT2D eigenvalue weighted by Crippen LogP contribution is -2.34. The van der Waals surface area contributed by atoms with E-state index in [4.69, 9.17) is 4.74 Å². The Morgan fingerprint density at radius 2 is 1.45 bits per heavy atom. The SMILES string of the molecule is CCOC(=O)c1cc(C(C)=O)c(C)n(C(c2ccccc2)c2ccccc2)c1=O. The molecule has 0 bridgehead atoms. The standard InChI is InChI=1S/C24H23NO4/c1-4-29-24(28)21-15-20(17(3)26)16(2)25(23(21)27)22(18-11-7-5-8-12-18)19-13-9-6-10-14-19/h5-15,22H,4H2,1-3H3. The summed E-state index contributed by atoms with van der Waals surface area (Å²) in [7, 11) is 0. The van der Waals surface area contributed by atoms with E-state index in [1.54, 1.807) is 13.8 Å². The number of rotatable bonds is 6. The molecular weight excluding hydrogens is 366 g/mol. The van der Waals surface area contributed by atoms with Gasteiger partial charge in [-0.1, -0.05) is 60.7 Å². The number of aromatic nitrogens is 1. The second-order valence-corrected chi connectivity index (χ2v) is 6.73. The fraction of sp³-hybridized carbons (Fsp3) is 0.208. The number of esters is 1. The zero-order valence-corrected chi connectivity index (χ0v) is 16.7. The third kappa shape index (κ3) is 4.04. The summed E-state index contributed by atoms with van der Waals surface area (Å²) in [6.07, 6.45) is 0. The van der Waals surface area contributed by atoms with Crippen molar-refractivity contribution in [1.29, 1.82) is 0 Å². The Morgan fingerprint density at radius 1 is 0.931 bits per heavy atom. The number of ether oxygens (including phenoxy) is 1. The first kappa shape index (κ1) is 20.3. The van der Waals surface area contributed by atoms with Gasteiger partial charge in [-0.25, -0.2) is 4.79 Å². The smallest absolute Gasteiger partial charge is 0.343 e. The Hall–Kier alpha value is -3.47. The van der Waals surface area contributed by atoms with Gasteiger partial charge in [0.15, 0.2) is 5.78 Å². The first-order valence-electron chi connectivity index (χ1n) is 9.49. The highest BCUT2D eigenvalue weighted by molar-refractivity contribution is 5.98. The van der Waals surface area contributed by atoms with Gasteiger partial charge in [-0.3, -0.25) is 14.2 Å². The van der Waals surface area contributed by atoms with E-state index in [0.29, 0.717) is 11.3 Å². The molecule has 0 unspecified atom stereocenters. The normalized spacial score (nSPS) is 10.8. The molecule has 0 radical (unpaired) electrons. The molecule has 29 heavy (non-hydrogen) atoms. The van der Waals surface area contributed by atoms with Crippen LogP contribution < -0.4 is 5.56 Å². The fourth-order valence-corrected chi connectivity index (χ4v) is 3.51. The van der Waals surface area contributed by atoms with Gasteiger partial charge in [-0.05, 0) is 38.0 Å². The van der Waals surface area contributed by atoms with E-state index >= 15 is 0 Å². The van der Waals surface area contributed by atoms with Crippen LogP contribution in [0.2, 0.25) is 0 Å². The molecular formula is C24H23NO4. The van der Waals surface area contributed by atoms with Crippen molar-refractivity contribution in [3.8, 4) is 0 Å². The lowest BCUT2D eigenvalue weighted by molar-refractivity contribution is 0.0523. The highest BCUT2D eigenvalue weighted by Crippen LogP contribution is 2.28. The fourth-order valence-electron chi connectivity index (χ4n) is 3.51. The minimum absolute atomic E-state index is 0.139. The molecule has 0 saturated carbocycles. The van der Waals surface area contributed by atoms with Crippen LogP contribution in [0.3, 0.4) is 0 Å². The predicted octanol–water partition coefficient (Wildman–Crippen LogP) is 4.17. The second-order valence-electron chi connectivity index (χ2n) is 6.73. The first-order chi connectivity index (χ1) is 14.0. The van der Waals surface area contributed by atoms with E-state index in [-0.39, 0.29) is 18.0 Å². The molecule has 2 aromatic carbocycles. The molecule has 1 aromatic heterocycles. The van der Waals surface area contributed by atoms with E-state index in [1.807, 2.05) is 60.7 Å². The summed E-state index contributed by atoms with van der Waals surface area (Å²) < 4.78 is 6.59. The van der Waals surface area contributed by atoms with Crippen LogP contribution in [-0.2, 0) is 4.74 Å². The minimum Gasteiger partial charge on any atom is -0.462 e. The number of hydrogen-bond donors (Lipinski definition) is 0. The molecule has 3 rings (SSSR count). The molecule has 1 heterocycles. The summed E-state index contributed by atoms with van der Waals surface area (Å²) in [6.45, 7) is 4.97. The molecule has 0 aliphatic rings. The third-order valence-corrected chi connectivity index (χ3v) is 4.85. The van der Waals surface area contributed by atoms with Crippen LogP contribution >= 0.6 is 0 Å². The van der Waals surface area contributed by atoms with Crippen molar-refractivity contribution >= 4 is 11.8 Å². The molecule has 0 N–H and O–H groups in total. The number of carbonyl (C=O) groups is 2. The maximum Gasteiger partial charge on any atom is 0.343 e. The molecule has 0 amide bonds. The highest BCUT2D eigenvalue weighted by atomic mass is 16.5. The van der Waals surface area contributed by atoms with Gasteiger partial charge >= 0.3 is 5.97 Å². The van der Waals surface area contributed by atoms with E-state index in [0.717, 1.165) is 11.1 Å². The van der Waals surface area contributed by atoms with Gasteiger partial charge in [0.05, 0.1) is 12.6 Å². The number of carbonyl (C=O) groups excluding carboxylic acids is 2. The van der Waals surface area contributed by atoms with Crippen LogP contribution in [-0.4, -0.2) is 22.9 Å². The van der Waals surface area contributed by atoms with E-state index in [2.05, 4.69) is 0 Å². The maximum atomic E-state index is 13.4. The second kappa shape index (κ2) is 8.69. The van der Waals surface area contributed by atoms with E-state index in [1.165, 1.54) is 17.6 Å². The summed E-state index contributed by atoms with van der Waals surface area (Å²) in [5.41, 5.74) is 1.96. The zero-order valence-electron chi connectivity index (χ0n) is 16.7. The quantitative estimate of drug-likeness (QED) is 0.469. The molecule has 0 aliphatic heterocycles.